The fourth-order valence-electron chi connectivity index (χ4n) is 4.25. The molecule has 0 heterocycles. The first-order chi connectivity index (χ1) is 16.3. The molecule has 0 saturated carbocycles. The smallest absolute Gasteiger partial charge is 0.194 e. The number of ketones is 2. The Bertz CT molecular complexity index is 1180. The molecule has 0 spiro atoms. The second-order valence-electron chi connectivity index (χ2n) is 8.38. The molecule has 2 aliphatic rings. The molecule has 0 saturated heterocycles. The van der Waals surface area contributed by atoms with E-state index in [4.69, 9.17) is 0 Å². The van der Waals surface area contributed by atoms with E-state index in [-0.39, 0.29) is 23.3 Å². The van der Waals surface area contributed by atoms with Gasteiger partial charge in [0.1, 0.15) is 5.76 Å². The maximum atomic E-state index is 13.8. The molecule has 0 radical (unpaired) electrons. The van der Waals surface area contributed by atoms with Crippen molar-refractivity contribution in [3.05, 3.63) is 99.7 Å². The van der Waals surface area contributed by atoms with Gasteiger partial charge in [-0.3, -0.25) is 9.59 Å². The minimum atomic E-state index is -0.656. The van der Waals surface area contributed by atoms with Crippen LogP contribution >= 0.6 is 0 Å². The Hall–Kier alpha value is -3.64. The number of hydrogen-bond acceptors (Lipinski definition) is 6. The Kier molecular flexibility index (Phi) is 8.08. The van der Waals surface area contributed by atoms with E-state index >= 15 is 0 Å². The van der Waals surface area contributed by atoms with Crippen LogP contribution in [-0.4, -0.2) is 34.9 Å². The largest absolute Gasteiger partial charge is 0.508 e. The number of Topliss-reactive ketones (excluding diaryl/α,β-unsaturated/α-hetero) is 2. The van der Waals surface area contributed by atoms with Gasteiger partial charge in [0.15, 0.2) is 11.6 Å². The third-order valence-electron chi connectivity index (χ3n) is 5.86. The van der Waals surface area contributed by atoms with Crippen molar-refractivity contribution in [1.82, 2.24) is 5.32 Å². The average Bonchev–Trinajstić information content (AvgIpc) is 3.02. The van der Waals surface area contributed by atoms with E-state index in [1.807, 2.05) is 45.1 Å². The van der Waals surface area contributed by atoms with Crippen LogP contribution in [-0.2, 0) is 9.59 Å². The predicted molar refractivity (Wildman–Crippen MR) is 135 cm³/mol. The van der Waals surface area contributed by atoms with Gasteiger partial charge in [-0.15, -0.1) is 6.58 Å². The van der Waals surface area contributed by atoms with Crippen molar-refractivity contribution in [2.45, 2.75) is 40.0 Å². The molecule has 0 bridgehead atoms. The molecule has 3 rings (SSSR count). The summed E-state index contributed by atoms with van der Waals surface area (Å²) in [6.45, 7) is 9.34. The molecule has 0 amide bonds. The maximum absolute atomic E-state index is 13.8. The monoisotopic (exact) mass is 460 g/mol. The average molecular weight is 461 g/mol. The van der Waals surface area contributed by atoms with Crippen LogP contribution in [0.1, 0.15) is 37.3 Å². The van der Waals surface area contributed by atoms with E-state index in [9.17, 15) is 19.8 Å². The highest BCUT2D eigenvalue weighted by Crippen LogP contribution is 2.36. The lowest BCUT2D eigenvalue weighted by Gasteiger charge is -2.19. The molecule has 6 nitrogen and oxygen atoms in total. The Balaban J connectivity index is 2.19. The minimum absolute atomic E-state index is 0.0988. The van der Waals surface area contributed by atoms with Gasteiger partial charge in [-0.2, -0.15) is 0 Å². The first-order valence-corrected chi connectivity index (χ1v) is 11.5. The van der Waals surface area contributed by atoms with Crippen LogP contribution < -0.4 is 10.6 Å². The lowest BCUT2D eigenvalue weighted by atomic mass is 9.94. The quantitative estimate of drug-likeness (QED) is 0.333. The lowest BCUT2D eigenvalue weighted by molar-refractivity contribution is -0.116. The molecule has 2 aliphatic carbocycles. The van der Waals surface area contributed by atoms with E-state index in [0.717, 1.165) is 16.8 Å². The molecule has 0 fully saturated rings. The van der Waals surface area contributed by atoms with Crippen LogP contribution in [0.4, 0.5) is 5.69 Å². The topological polar surface area (TPSA) is 98.7 Å². The fraction of sp³-hybridized carbons (Fsp3) is 0.286. The van der Waals surface area contributed by atoms with E-state index in [1.54, 1.807) is 6.08 Å². The van der Waals surface area contributed by atoms with Gasteiger partial charge in [0.05, 0.1) is 17.8 Å². The highest BCUT2D eigenvalue weighted by molar-refractivity contribution is 6.20. The van der Waals surface area contributed by atoms with Crippen molar-refractivity contribution in [2.24, 2.45) is 0 Å². The van der Waals surface area contributed by atoms with Gasteiger partial charge in [-0.1, -0.05) is 42.8 Å². The van der Waals surface area contributed by atoms with E-state index in [2.05, 4.69) is 23.3 Å². The van der Waals surface area contributed by atoms with Crippen molar-refractivity contribution in [3.8, 4) is 0 Å². The number of nitrogens with one attached hydrogen (secondary N) is 2. The lowest BCUT2D eigenvalue weighted by Crippen LogP contribution is -2.23. The Morgan fingerprint density at radius 2 is 1.91 bits per heavy atom. The number of aliphatic hydroxyl groups excluding tert-OH is 2. The molecule has 4 N–H and O–H groups in total. The van der Waals surface area contributed by atoms with Crippen LogP contribution in [0.15, 0.2) is 88.5 Å². The number of carbonyl (C=O) groups excluding carboxylic acids is 2. The normalized spacial score (nSPS) is 17.0. The van der Waals surface area contributed by atoms with Gasteiger partial charge in [-0.05, 0) is 50.0 Å². The summed E-state index contributed by atoms with van der Waals surface area (Å²) in [7, 11) is 0. The van der Waals surface area contributed by atoms with Gasteiger partial charge in [0.25, 0.3) is 0 Å². The van der Waals surface area contributed by atoms with Gasteiger partial charge < -0.3 is 20.8 Å². The van der Waals surface area contributed by atoms with Crippen molar-refractivity contribution in [3.63, 3.8) is 0 Å². The molecule has 0 aliphatic heterocycles. The number of anilines is 1. The van der Waals surface area contributed by atoms with Crippen LogP contribution in [0.3, 0.4) is 0 Å². The van der Waals surface area contributed by atoms with Gasteiger partial charge in [0.2, 0.25) is 0 Å². The SMILES string of the molecule is C=CCNC1=CCC=C(Nc2ccc(C)cc2C)C2=C1C(=O)C(CO)=C(/C(O)=C\CC)C(=O)C2. The number of allylic oxidation sites excluding steroid dienone is 6. The molecule has 0 atom stereocenters. The maximum Gasteiger partial charge on any atom is 0.194 e. The van der Waals surface area contributed by atoms with Gasteiger partial charge in [-0.25, -0.2) is 0 Å². The molecule has 1 aromatic rings. The molecular formula is C28H32N2O4. The summed E-state index contributed by atoms with van der Waals surface area (Å²) in [5.41, 5.74) is 4.91. The molecule has 34 heavy (non-hydrogen) atoms. The first kappa shape index (κ1) is 25.0. The fourth-order valence-corrected chi connectivity index (χ4v) is 4.25. The summed E-state index contributed by atoms with van der Waals surface area (Å²) in [4.78, 5) is 27.2. The zero-order chi connectivity index (χ0) is 24.8. The van der Waals surface area contributed by atoms with Crippen molar-refractivity contribution in [2.75, 3.05) is 18.5 Å². The van der Waals surface area contributed by atoms with Gasteiger partial charge >= 0.3 is 0 Å². The molecule has 178 valence electrons. The second-order valence-corrected chi connectivity index (χ2v) is 8.38. The molecule has 0 aromatic heterocycles. The molecule has 0 unspecified atom stereocenters. The predicted octanol–water partition coefficient (Wildman–Crippen LogP) is 4.64. The van der Waals surface area contributed by atoms with Crippen molar-refractivity contribution < 1.29 is 19.8 Å². The summed E-state index contributed by atoms with van der Waals surface area (Å²) >= 11 is 0. The molecular weight excluding hydrogens is 428 g/mol. The first-order valence-electron chi connectivity index (χ1n) is 11.5. The highest BCUT2D eigenvalue weighted by atomic mass is 16.3. The third-order valence-corrected chi connectivity index (χ3v) is 5.86. The second kappa shape index (κ2) is 11.0. The zero-order valence-electron chi connectivity index (χ0n) is 20.0. The van der Waals surface area contributed by atoms with Gasteiger partial charge in [0, 0.05) is 35.6 Å². The van der Waals surface area contributed by atoms with Crippen LogP contribution in [0.25, 0.3) is 0 Å². The zero-order valence-corrected chi connectivity index (χ0v) is 20.0. The number of carbonyl (C=O) groups is 2. The summed E-state index contributed by atoms with van der Waals surface area (Å²) in [5.74, 6) is -1.17. The number of benzene rings is 1. The standard InChI is InChI=1S/C28H32N2O4/c1-5-8-24(32)27-20(16-31)28(34)26-19(15-25(27)33)22(9-7-10-23(26)29-13-6-2)30-21-12-11-17(3)14-18(21)4/h6,8-12,14,29-32H,2,5,7,13,15-16H2,1,3-4H3/b24-8+. The number of hydrogen-bond donors (Lipinski definition) is 4. The highest BCUT2D eigenvalue weighted by Gasteiger charge is 2.35. The summed E-state index contributed by atoms with van der Waals surface area (Å²) in [6, 6.07) is 6.03. The third kappa shape index (κ3) is 5.13. The van der Waals surface area contributed by atoms with Crippen LogP contribution in [0, 0.1) is 13.8 Å². The van der Waals surface area contributed by atoms with E-state index < -0.39 is 18.2 Å². The number of aliphatic hydroxyl groups is 2. The summed E-state index contributed by atoms with van der Waals surface area (Å²) < 4.78 is 0. The van der Waals surface area contributed by atoms with E-state index in [0.29, 0.717) is 41.9 Å². The van der Waals surface area contributed by atoms with Crippen LogP contribution in [0.2, 0.25) is 0 Å². The Labute approximate surface area is 200 Å². The minimum Gasteiger partial charge on any atom is -0.508 e. The number of aryl methyl sites for hydroxylation is 2. The van der Waals surface area contributed by atoms with Crippen molar-refractivity contribution in [1.29, 1.82) is 0 Å². The van der Waals surface area contributed by atoms with Crippen LogP contribution in [0.5, 0.6) is 0 Å². The summed E-state index contributed by atoms with van der Waals surface area (Å²) in [5, 5.41) is 27.3. The summed E-state index contributed by atoms with van der Waals surface area (Å²) in [6.07, 6.45) is 7.91. The van der Waals surface area contributed by atoms with E-state index in [1.165, 1.54) is 6.08 Å². The molecule has 6 heteroatoms. The Morgan fingerprint density at radius 1 is 1.18 bits per heavy atom. The Morgan fingerprint density at radius 3 is 2.56 bits per heavy atom. The number of rotatable bonds is 8. The van der Waals surface area contributed by atoms with Crippen molar-refractivity contribution >= 4 is 17.3 Å². The molecule has 1 aromatic carbocycles.